The van der Waals surface area contributed by atoms with E-state index in [4.69, 9.17) is 10.9 Å². The van der Waals surface area contributed by atoms with Crippen molar-refractivity contribution in [1.29, 1.82) is 0 Å². The molecule has 0 unspecified atom stereocenters. The molecule has 0 amide bonds. The maximum absolute atomic E-state index is 12.1. The van der Waals surface area contributed by atoms with Gasteiger partial charge in [0.25, 0.3) is 5.69 Å². The summed E-state index contributed by atoms with van der Waals surface area (Å²) in [7, 11) is 0. The molecule has 0 radical (unpaired) electrons. The van der Waals surface area contributed by atoms with Crippen molar-refractivity contribution in [3.05, 3.63) is 34.8 Å². The third-order valence-electron chi connectivity index (χ3n) is 1.61. The van der Waals surface area contributed by atoms with E-state index in [9.17, 15) is 18.4 Å². The van der Waals surface area contributed by atoms with Gasteiger partial charge in [-0.2, -0.15) is 17.9 Å². The Morgan fingerprint density at radius 1 is 1.47 bits per heavy atom. The van der Waals surface area contributed by atoms with E-state index in [0.717, 1.165) is 6.07 Å². The van der Waals surface area contributed by atoms with Gasteiger partial charge in [0.2, 0.25) is 0 Å². The molecule has 3 N–H and O–H groups in total. The van der Waals surface area contributed by atoms with Gasteiger partial charge in [0, 0.05) is 6.07 Å². The minimum absolute atomic E-state index is 0.0968. The highest BCUT2D eigenvalue weighted by Gasteiger charge is 2.39. The third kappa shape index (κ3) is 2.27. The lowest BCUT2D eigenvalue weighted by atomic mass is 10.2. The van der Waals surface area contributed by atoms with Crippen LogP contribution >= 0.6 is 0 Å². The largest absolute Gasteiger partial charge is 0.618 e. The highest BCUT2D eigenvalue weighted by atomic mass is 19.4. The number of alkyl halides is 3. The fraction of sp³-hybridized carbons (Fsp3) is 0.143. The van der Waals surface area contributed by atoms with E-state index in [1.54, 1.807) is 0 Å². The van der Waals surface area contributed by atoms with Crippen molar-refractivity contribution in [2.24, 2.45) is 10.9 Å². The van der Waals surface area contributed by atoms with Crippen LogP contribution in [0.25, 0.3) is 0 Å². The van der Waals surface area contributed by atoms with E-state index in [0.29, 0.717) is 12.3 Å². The smallest absolute Gasteiger partial charge is 0.478 e. The van der Waals surface area contributed by atoms with Gasteiger partial charge in [0.15, 0.2) is 12.0 Å². The molecule has 1 aromatic heterocycles. The Bertz CT molecular complexity index is 403. The SMILES string of the molecule is N/C(=N/O)c1ccc(C(F)(F)F)[n+]([O-])c1. The summed E-state index contributed by atoms with van der Waals surface area (Å²) in [5, 5.41) is 21.7. The number of nitrogens with zero attached hydrogens (tertiary/aromatic N) is 2. The highest BCUT2D eigenvalue weighted by Crippen LogP contribution is 2.26. The third-order valence-corrected chi connectivity index (χ3v) is 1.61. The molecule has 82 valence electrons. The quantitative estimate of drug-likeness (QED) is 0.180. The molecule has 0 aromatic carbocycles. The van der Waals surface area contributed by atoms with E-state index in [1.807, 2.05) is 0 Å². The van der Waals surface area contributed by atoms with Gasteiger partial charge in [-0.15, -0.1) is 0 Å². The standard InChI is InChI=1S/C7H6F3N3O2/c8-7(9,10)5-2-1-4(3-13(5)15)6(11)12-14/h1-3,14H,(H2,11,12). The first-order valence-electron chi connectivity index (χ1n) is 3.64. The molecule has 1 heterocycles. The molecule has 0 atom stereocenters. The van der Waals surface area contributed by atoms with Crippen molar-refractivity contribution >= 4 is 5.84 Å². The van der Waals surface area contributed by atoms with Crippen LogP contribution < -0.4 is 10.5 Å². The average Bonchev–Trinajstić information content (AvgIpc) is 2.14. The Balaban J connectivity index is 3.21. The zero-order valence-corrected chi connectivity index (χ0v) is 7.19. The van der Waals surface area contributed by atoms with Crippen LogP contribution in [0.5, 0.6) is 0 Å². The van der Waals surface area contributed by atoms with Gasteiger partial charge in [0.05, 0.1) is 5.56 Å². The normalized spacial score (nSPS) is 12.9. The van der Waals surface area contributed by atoms with Crippen LogP contribution in [0.4, 0.5) is 13.2 Å². The minimum Gasteiger partial charge on any atom is -0.618 e. The molecule has 0 aliphatic rings. The van der Waals surface area contributed by atoms with Crippen molar-refractivity contribution in [2.75, 3.05) is 0 Å². The first kappa shape index (κ1) is 11.1. The van der Waals surface area contributed by atoms with Gasteiger partial charge in [0.1, 0.15) is 0 Å². The molecule has 0 aliphatic heterocycles. The Morgan fingerprint density at radius 2 is 2.07 bits per heavy atom. The number of hydrogen-bond donors (Lipinski definition) is 2. The monoisotopic (exact) mass is 221 g/mol. The van der Waals surface area contributed by atoms with Crippen LogP contribution in [0.3, 0.4) is 0 Å². The van der Waals surface area contributed by atoms with Gasteiger partial charge in [-0.05, 0) is 6.07 Å². The van der Waals surface area contributed by atoms with Crippen LogP contribution in [-0.2, 0) is 6.18 Å². The van der Waals surface area contributed by atoms with E-state index < -0.39 is 17.7 Å². The van der Waals surface area contributed by atoms with Gasteiger partial charge >= 0.3 is 6.18 Å². The first-order chi connectivity index (χ1) is 6.86. The van der Waals surface area contributed by atoms with Crippen LogP contribution in [-0.4, -0.2) is 11.0 Å². The second-order valence-electron chi connectivity index (χ2n) is 2.61. The fourth-order valence-corrected chi connectivity index (χ4v) is 0.910. The molecule has 0 saturated carbocycles. The topological polar surface area (TPSA) is 85.5 Å². The van der Waals surface area contributed by atoms with Crippen molar-refractivity contribution < 1.29 is 23.1 Å². The summed E-state index contributed by atoms with van der Waals surface area (Å²) >= 11 is 0. The van der Waals surface area contributed by atoms with Crippen molar-refractivity contribution in [3.8, 4) is 0 Å². The number of pyridine rings is 1. The number of nitrogens with two attached hydrogens (primary N) is 1. The van der Waals surface area contributed by atoms with Crippen molar-refractivity contribution in [1.82, 2.24) is 0 Å². The zero-order valence-electron chi connectivity index (χ0n) is 7.19. The lowest BCUT2D eigenvalue weighted by molar-refractivity contribution is -0.629. The highest BCUT2D eigenvalue weighted by molar-refractivity contribution is 5.96. The Morgan fingerprint density at radius 3 is 2.47 bits per heavy atom. The molecule has 1 rings (SSSR count). The van der Waals surface area contributed by atoms with Gasteiger partial charge in [-0.3, -0.25) is 0 Å². The Labute approximate surface area is 81.8 Å². The predicted octanol–water partition coefficient (Wildman–Crippen LogP) is 0.433. The summed E-state index contributed by atoms with van der Waals surface area (Å²) in [6.45, 7) is 0. The lowest BCUT2D eigenvalue weighted by Crippen LogP contribution is -2.37. The van der Waals surface area contributed by atoms with Gasteiger partial charge < -0.3 is 16.1 Å². The summed E-state index contributed by atoms with van der Waals surface area (Å²) < 4.78 is 36.0. The molecule has 0 fully saturated rings. The first-order valence-corrected chi connectivity index (χ1v) is 3.64. The van der Waals surface area contributed by atoms with Crippen molar-refractivity contribution in [3.63, 3.8) is 0 Å². The summed E-state index contributed by atoms with van der Waals surface area (Å²) in [6, 6.07) is 1.49. The number of amidine groups is 1. The van der Waals surface area contributed by atoms with Gasteiger partial charge in [-0.1, -0.05) is 5.16 Å². The number of oxime groups is 1. The molecule has 15 heavy (non-hydrogen) atoms. The molecule has 1 aromatic rings. The van der Waals surface area contributed by atoms with Crippen LogP contribution in [0.1, 0.15) is 11.3 Å². The molecule has 0 saturated heterocycles. The minimum atomic E-state index is -4.73. The second kappa shape index (κ2) is 3.64. The van der Waals surface area contributed by atoms with Crippen LogP contribution in [0.2, 0.25) is 0 Å². The van der Waals surface area contributed by atoms with E-state index in [1.165, 1.54) is 0 Å². The number of halogens is 3. The summed E-state index contributed by atoms with van der Waals surface area (Å²) in [5.41, 5.74) is 3.63. The molecule has 0 aliphatic carbocycles. The number of hydrogen-bond acceptors (Lipinski definition) is 3. The summed E-state index contributed by atoms with van der Waals surface area (Å²) in [5.74, 6) is -0.437. The van der Waals surface area contributed by atoms with E-state index in [-0.39, 0.29) is 10.3 Å². The predicted molar refractivity (Wildman–Crippen MR) is 42.9 cm³/mol. The molecular weight excluding hydrogens is 215 g/mol. The number of rotatable bonds is 1. The van der Waals surface area contributed by atoms with E-state index >= 15 is 0 Å². The van der Waals surface area contributed by atoms with Gasteiger partial charge in [-0.25, -0.2) is 0 Å². The summed E-state index contributed by atoms with van der Waals surface area (Å²) in [6.07, 6.45) is -4.15. The average molecular weight is 221 g/mol. The summed E-state index contributed by atoms with van der Waals surface area (Å²) in [4.78, 5) is 0. The number of aromatic nitrogens is 1. The molecule has 0 bridgehead atoms. The Kier molecular flexibility index (Phi) is 2.69. The Hall–Kier alpha value is -1.99. The zero-order chi connectivity index (χ0) is 11.6. The maximum Gasteiger partial charge on any atom is 0.478 e. The maximum atomic E-state index is 12.1. The second-order valence-corrected chi connectivity index (χ2v) is 2.61. The molecule has 8 heteroatoms. The fourth-order valence-electron chi connectivity index (χ4n) is 0.910. The molecular formula is C7H6F3N3O2. The van der Waals surface area contributed by atoms with E-state index in [2.05, 4.69) is 5.16 Å². The van der Waals surface area contributed by atoms with Crippen LogP contribution in [0, 0.1) is 5.21 Å². The van der Waals surface area contributed by atoms with Crippen molar-refractivity contribution in [2.45, 2.75) is 6.18 Å². The molecule has 5 nitrogen and oxygen atoms in total. The van der Waals surface area contributed by atoms with Crippen LogP contribution in [0.15, 0.2) is 23.5 Å². The lowest BCUT2D eigenvalue weighted by Gasteiger charge is -2.08. The molecule has 0 spiro atoms.